The molecule has 0 spiro atoms. The molecule has 5 heteroatoms. The number of carbonyl (C=O) groups excluding carboxylic acids is 1. The van der Waals surface area contributed by atoms with E-state index < -0.39 is 0 Å². The van der Waals surface area contributed by atoms with E-state index in [1.54, 1.807) is 0 Å². The van der Waals surface area contributed by atoms with Crippen molar-refractivity contribution in [2.75, 3.05) is 32.7 Å². The monoisotopic (exact) mass is 275 g/mol. The zero-order chi connectivity index (χ0) is 11.9. The Kier molecular flexibility index (Phi) is 7.63. The zero-order valence-corrected chi connectivity index (χ0v) is 11.9. The average Bonchev–Trinajstić information content (AvgIpc) is 2.59. The highest BCUT2D eigenvalue weighted by atomic mass is 35.5. The Balaban J connectivity index is 0.00000162. The van der Waals surface area contributed by atoms with Crippen molar-refractivity contribution < 1.29 is 4.79 Å². The molecule has 1 aliphatic heterocycles. The second kappa shape index (κ2) is 8.73. The molecule has 0 radical (unpaired) electrons. The van der Waals surface area contributed by atoms with Crippen molar-refractivity contribution in [3.8, 4) is 0 Å². The first-order chi connectivity index (χ1) is 8.34. The molecule has 1 saturated carbocycles. The fourth-order valence-electron chi connectivity index (χ4n) is 2.78. The minimum absolute atomic E-state index is 0. The van der Waals surface area contributed by atoms with Crippen LogP contribution in [-0.4, -0.2) is 49.6 Å². The number of hydrogen-bond acceptors (Lipinski definition) is 3. The van der Waals surface area contributed by atoms with Crippen LogP contribution in [0, 0.1) is 0 Å². The van der Waals surface area contributed by atoms with Gasteiger partial charge in [0.05, 0.1) is 6.54 Å². The van der Waals surface area contributed by atoms with Gasteiger partial charge in [-0.25, -0.2) is 0 Å². The number of amides is 1. The van der Waals surface area contributed by atoms with Gasteiger partial charge in [0.1, 0.15) is 0 Å². The number of halogens is 1. The molecule has 0 atom stereocenters. The van der Waals surface area contributed by atoms with Gasteiger partial charge in [-0.05, 0) is 32.4 Å². The van der Waals surface area contributed by atoms with Gasteiger partial charge < -0.3 is 10.6 Å². The van der Waals surface area contributed by atoms with Crippen LogP contribution < -0.4 is 10.6 Å². The lowest BCUT2D eigenvalue weighted by atomic mass is 9.95. The van der Waals surface area contributed by atoms with E-state index in [9.17, 15) is 4.79 Å². The predicted octanol–water partition coefficient (Wildman–Crippen LogP) is 1.15. The Hall–Kier alpha value is -0.320. The van der Waals surface area contributed by atoms with Crippen LogP contribution in [0.3, 0.4) is 0 Å². The first-order valence-electron chi connectivity index (χ1n) is 7.07. The third kappa shape index (κ3) is 5.55. The van der Waals surface area contributed by atoms with E-state index >= 15 is 0 Å². The van der Waals surface area contributed by atoms with Crippen molar-refractivity contribution >= 4 is 18.3 Å². The van der Waals surface area contributed by atoms with Gasteiger partial charge in [0.25, 0.3) is 0 Å². The number of hydrogen-bond donors (Lipinski definition) is 2. The molecule has 4 nitrogen and oxygen atoms in total. The summed E-state index contributed by atoms with van der Waals surface area (Å²) in [5, 5.41) is 6.54. The smallest absolute Gasteiger partial charge is 0.234 e. The van der Waals surface area contributed by atoms with Crippen molar-refractivity contribution in [3.05, 3.63) is 0 Å². The summed E-state index contributed by atoms with van der Waals surface area (Å²) in [4.78, 5) is 14.2. The summed E-state index contributed by atoms with van der Waals surface area (Å²) < 4.78 is 0. The van der Waals surface area contributed by atoms with Crippen LogP contribution in [0.1, 0.15) is 38.5 Å². The van der Waals surface area contributed by atoms with Gasteiger partial charge in [0.2, 0.25) is 5.91 Å². The van der Waals surface area contributed by atoms with E-state index in [0.717, 1.165) is 32.6 Å². The van der Waals surface area contributed by atoms with Crippen LogP contribution in [0.5, 0.6) is 0 Å². The van der Waals surface area contributed by atoms with Crippen LogP contribution in [0.4, 0.5) is 0 Å². The molecule has 0 aromatic heterocycles. The Morgan fingerprint density at radius 1 is 1.11 bits per heavy atom. The maximum atomic E-state index is 11.9. The standard InChI is InChI=1S/C13H25N3O.ClH/c17-13(15-12-5-2-1-3-6-12)11-16-9-4-7-14-8-10-16;/h12,14H,1-11H2,(H,15,17);1H. The minimum atomic E-state index is 0. The number of carbonyl (C=O) groups is 1. The molecule has 0 unspecified atom stereocenters. The number of rotatable bonds is 3. The van der Waals surface area contributed by atoms with Crippen LogP contribution in [0.15, 0.2) is 0 Å². The largest absolute Gasteiger partial charge is 0.352 e. The molecule has 2 rings (SSSR count). The van der Waals surface area contributed by atoms with Crippen molar-refractivity contribution in [2.45, 2.75) is 44.6 Å². The molecular weight excluding hydrogens is 250 g/mol. The van der Waals surface area contributed by atoms with E-state index in [1.165, 1.54) is 32.1 Å². The van der Waals surface area contributed by atoms with Crippen LogP contribution in [0.25, 0.3) is 0 Å². The van der Waals surface area contributed by atoms with Crippen molar-refractivity contribution in [1.82, 2.24) is 15.5 Å². The second-order valence-electron chi connectivity index (χ2n) is 5.28. The third-order valence-corrected chi connectivity index (χ3v) is 3.77. The third-order valence-electron chi connectivity index (χ3n) is 3.77. The van der Waals surface area contributed by atoms with Gasteiger partial charge in [0, 0.05) is 19.1 Å². The molecule has 2 fully saturated rings. The molecule has 1 aliphatic carbocycles. The Morgan fingerprint density at radius 3 is 2.67 bits per heavy atom. The van der Waals surface area contributed by atoms with E-state index in [-0.39, 0.29) is 18.3 Å². The minimum Gasteiger partial charge on any atom is -0.352 e. The van der Waals surface area contributed by atoms with Gasteiger partial charge in [-0.3, -0.25) is 9.69 Å². The molecule has 0 aromatic rings. The maximum absolute atomic E-state index is 11.9. The van der Waals surface area contributed by atoms with Crippen molar-refractivity contribution in [3.63, 3.8) is 0 Å². The summed E-state index contributed by atoms with van der Waals surface area (Å²) in [6, 6.07) is 0.446. The second-order valence-corrected chi connectivity index (χ2v) is 5.28. The van der Waals surface area contributed by atoms with Crippen LogP contribution in [-0.2, 0) is 4.79 Å². The summed E-state index contributed by atoms with van der Waals surface area (Å²) in [7, 11) is 0. The first-order valence-corrected chi connectivity index (χ1v) is 7.07. The van der Waals surface area contributed by atoms with E-state index in [1.807, 2.05) is 0 Å². The number of nitrogens with one attached hydrogen (secondary N) is 2. The van der Waals surface area contributed by atoms with E-state index in [2.05, 4.69) is 15.5 Å². The summed E-state index contributed by atoms with van der Waals surface area (Å²) in [5.74, 6) is 0.221. The van der Waals surface area contributed by atoms with Gasteiger partial charge >= 0.3 is 0 Å². The lowest BCUT2D eigenvalue weighted by Gasteiger charge is -2.25. The van der Waals surface area contributed by atoms with E-state index in [4.69, 9.17) is 0 Å². The van der Waals surface area contributed by atoms with E-state index in [0.29, 0.717) is 12.6 Å². The van der Waals surface area contributed by atoms with Gasteiger partial charge in [-0.1, -0.05) is 19.3 Å². The molecule has 2 aliphatic rings. The molecule has 1 heterocycles. The maximum Gasteiger partial charge on any atom is 0.234 e. The molecule has 0 aromatic carbocycles. The molecule has 2 N–H and O–H groups in total. The Labute approximate surface area is 116 Å². The number of nitrogens with zero attached hydrogens (tertiary/aromatic N) is 1. The fourth-order valence-corrected chi connectivity index (χ4v) is 2.78. The van der Waals surface area contributed by atoms with Crippen LogP contribution in [0.2, 0.25) is 0 Å². The van der Waals surface area contributed by atoms with Gasteiger partial charge in [0.15, 0.2) is 0 Å². The Bertz CT molecular complexity index is 236. The summed E-state index contributed by atoms with van der Waals surface area (Å²) in [6.45, 7) is 4.72. The first kappa shape index (κ1) is 15.7. The molecule has 106 valence electrons. The molecule has 0 bridgehead atoms. The quantitative estimate of drug-likeness (QED) is 0.812. The molecular formula is C13H26ClN3O. The van der Waals surface area contributed by atoms with Crippen LogP contribution >= 0.6 is 12.4 Å². The highest BCUT2D eigenvalue weighted by molar-refractivity contribution is 5.85. The Morgan fingerprint density at radius 2 is 1.89 bits per heavy atom. The summed E-state index contributed by atoms with van der Waals surface area (Å²) >= 11 is 0. The van der Waals surface area contributed by atoms with Crippen molar-refractivity contribution in [2.24, 2.45) is 0 Å². The normalized spacial score (nSPS) is 22.9. The average molecular weight is 276 g/mol. The SMILES string of the molecule is Cl.O=C(CN1CCCNCC1)NC1CCCCC1. The highest BCUT2D eigenvalue weighted by Crippen LogP contribution is 2.17. The summed E-state index contributed by atoms with van der Waals surface area (Å²) in [6.07, 6.45) is 7.39. The lowest BCUT2D eigenvalue weighted by molar-refractivity contribution is -0.123. The lowest BCUT2D eigenvalue weighted by Crippen LogP contribution is -2.43. The molecule has 1 saturated heterocycles. The topological polar surface area (TPSA) is 44.4 Å². The van der Waals surface area contributed by atoms with Crippen molar-refractivity contribution in [1.29, 1.82) is 0 Å². The van der Waals surface area contributed by atoms with Gasteiger partial charge in [-0.2, -0.15) is 0 Å². The predicted molar refractivity (Wildman–Crippen MR) is 76.2 cm³/mol. The highest BCUT2D eigenvalue weighted by Gasteiger charge is 2.17. The summed E-state index contributed by atoms with van der Waals surface area (Å²) in [5.41, 5.74) is 0. The molecule has 18 heavy (non-hydrogen) atoms. The zero-order valence-electron chi connectivity index (χ0n) is 11.1. The fraction of sp³-hybridized carbons (Fsp3) is 0.923. The molecule has 1 amide bonds. The van der Waals surface area contributed by atoms with Gasteiger partial charge in [-0.15, -0.1) is 12.4 Å².